The van der Waals surface area contributed by atoms with Crippen LogP contribution >= 0.6 is 0 Å². The number of carbonyl (C=O) groups excluding carboxylic acids is 1. The topological polar surface area (TPSA) is 106 Å². The van der Waals surface area contributed by atoms with Gasteiger partial charge >= 0.3 is 0 Å². The van der Waals surface area contributed by atoms with Gasteiger partial charge in [0.25, 0.3) is 11.6 Å². The molecule has 0 unspecified atom stereocenters. The zero-order valence-electron chi connectivity index (χ0n) is 15.1. The molecule has 1 amide bonds. The molecule has 3 heterocycles. The summed E-state index contributed by atoms with van der Waals surface area (Å²) in [6, 6.07) is 4.71. The molecule has 0 aliphatic carbocycles. The number of carbonyl (C=O) groups is 1. The van der Waals surface area contributed by atoms with E-state index in [1.54, 1.807) is 12.1 Å². The third-order valence-electron chi connectivity index (χ3n) is 5.20. The minimum atomic E-state index is -0.413. The van der Waals surface area contributed by atoms with E-state index in [1.165, 1.54) is 6.07 Å². The molecule has 0 radical (unpaired) electrons. The van der Waals surface area contributed by atoms with Crippen molar-refractivity contribution in [3.63, 3.8) is 0 Å². The molecule has 1 aromatic heterocycles. The molecule has 9 nitrogen and oxygen atoms in total. The zero-order chi connectivity index (χ0) is 18.8. The average molecular weight is 370 g/mol. The Balaban J connectivity index is 1.42. The molecule has 142 valence electrons. The van der Waals surface area contributed by atoms with Gasteiger partial charge in [-0.2, -0.15) is 0 Å². The first-order chi connectivity index (χ1) is 13.1. The van der Waals surface area contributed by atoms with E-state index >= 15 is 0 Å². The highest BCUT2D eigenvalue weighted by Crippen LogP contribution is 2.31. The van der Waals surface area contributed by atoms with Gasteiger partial charge < -0.3 is 14.8 Å². The van der Waals surface area contributed by atoms with Crippen molar-refractivity contribution in [2.45, 2.75) is 38.6 Å². The van der Waals surface area contributed by atoms with Crippen LogP contribution in [0.5, 0.6) is 0 Å². The maximum absolute atomic E-state index is 12.4. The van der Waals surface area contributed by atoms with Crippen molar-refractivity contribution < 1.29 is 9.72 Å². The smallest absolute Gasteiger partial charge is 0.293 e. The fourth-order valence-corrected chi connectivity index (χ4v) is 3.82. The Kier molecular flexibility index (Phi) is 4.74. The Hall–Kier alpha value is -2.97. The van der Waals surface area contributed by atoms with Crippen molar-refractivity contribution in [2.24, 2.45) is 0 Å². The van der Waals surface area contributed by atoms with Crippen LogP contribution in [0.1, 0.15) is 41.3 Å². The van der Waals surface area contributed by atoms with Crippen LogP contribution in [0, 0.1) is 10.1 Å². The third-order valence-corrected chi connectivity index (χ3v) is 5.20. The summed E-state index contributed by atoms with van der Waals surface area (Å²) in [5, 5.41) is 22.6. The number of hydrogen-bond acceptors (Lipinski definition) is 6. The van der Waals surface area contributed by atoms with Gasteiger partial charge in [0.05, 0.1) is 4.92 Å². The lowest BCUT2D eigenvalue weighted by atomic mass is 10.1. The van der Waals surface area contributed by atoms with Gasteiger partial charge in [0.1, 0.15) is 17.3 Å². The van der Waals surface area contributed by atoms with Crippen LogP contribution in [0.4, 0.5) is 11.4 Å². The number of nitrogens with zero attached hydrogens (tertiary/aromatic N) is 5. The lowest BCUT2D eigenvalue weighted by Crippen LogP contribution is -2.27. The van der Waals surface area contributed by atoms with Crippen molar-refractivity contribution >= 4 is 17.3 Å². The van der Waals surface area contributed by atoms with E-state index in [2.05, 4.69) is 20.1 Å². The predicted octanol–water partition coefficient (Wildman–Crippen LogP) is 1.71. The first-order valence-corrected chi connectivity index (χ1v) is 9.36. The summed E-state index contributed by atoms with van der Waals surface area (Å²) in [5.74, 6) is 1.56. The minimum Gasteiger partial charge on any atom is -0.366 e. The predicted molar refractivity (Wildman–Crippen MR) is 98.9 cm³/mol. The highest BCUT2D eigenvalue weighted by Gasteiger charge is 2.24. The number of nitro benzene ring substituents is 1. The lowest BCUT2D eigenvalue weighted by molar-refractivity contribution is -0.384. The number of amides is 1. The molecule has 0 saturated carbocycles. The van der Waals surface area contributed by atoms with Gasteiger partial charge in [-0.3, -0.25) is 14.9 Å². The van der Waals surface area contributed by atoms with Gasteiger partial charge in [0.15, 0.2) is 0 Å². The number of fused-ring (bicyclic) bond motifs is 1. The normalized spacial score (nSPS) is 15.8. The Labute approximate surface area is 156 Å². The van der Waals surface area contributed by atoms with Crippen molar-refractivity contribution in [1.29, 1.82) is 0 Å². The van der Waals surface area contributed by atoms with Crippen LogP contribution in [-0.2, 0) is 19.4 Å². The monoisotopic (exact) mass is 370 g/mol. The standard InChI is InChI=1S/C18H22N6O3/c25-18(19-8-7-17-21-20-16-4-3-11-23(16)17)13-5-6-14(15(12-13)24(26)27)22-9-1-2-10-22/h5-6,12H,1-4,7-11H2,(H,19,25). The van der Waals surface area contributed by atoms with Crippen molar-refractivity contribution in [2.75, 3.05) is 24.5 Å². The number of rotatable bonds is 6. The Morgan fingerprint density at radius 1 is 1.19 bits per heavy atom. The van der Waals surface area contributed by atoms with E-state index in [0.717, 1.165) is 57.0 Å². The molecule has 1 fully saturated rings. The molecule has 0 bridgehead atoms. The first kappa shape index (κ1) is 17.4. The molecule has 1 N–H and O–H groups in total. The second-order valence-electron chi connectivity index (χ2n) is 6.95. The van der Waals surface area contributed by atoms with E-state index in [-0.39, 0.29) is 11.6 Å². The molecular weight excluding hydrogens is 348 g/mol. The molecule has 2 aromatic rings. The van der Waals surface area contributed by atoms with E-state index in [0.29, 0.717) is 24.2 Å². The number of hydrogen-bond donors (Lipinski definition) is 1. The second-order valence-corrected chi connectivity index (χ2v) is 6.95. The third kappa shape index (κ3) is 3.49. The number of aromatic nitrogens is 3. The average Bonchev–Trinajstić information content (AvgIpc) is 3.40. The summed E-state index contributed by atoms with van der Waals surface area (Å²) in [6.45, 7) is 2.97. The van der Waals surface area contributed by atoms with Crippen molar-refractivity contribution in [3.8, 4) is 0 Å². The maximum Gasteiger partial charge on any atom is 0.293 e. The van der Waals surface area contributed by atoms with Crippen LogP contribution < -0.4 is 10.2 Å². The lowest BCUT2D eigenvalue weighted by Gasteiger charge is -2.17. The summed E-state index contributed by atoms with van der Waals surface area (Å²) in [6.07, 6.45) is 4.69. The maximum atomic E-state index is 12.4. The Bertz CT molecular complexity index is 872. The summed E-state index contributed by atoms with van der Waals surface area (Å²) >= 11 is 0. The van der Waals surface area contributed by atoms with E-state index in [1.807, 2.05) is 4.90 Å². The second kappa shape index (κ2) is 7.34. The van der Waals surface area contributed by atoms with Gasteiger partial charge in [0, 0.05) is 50.7 Å². The van der Waals surface area contributed by atoms with Crippen LogP contribution in [0.3, 0.4) is 0 Å². The molecule has 0 spiro atoms. The first-order valence-electron chi connectivity index (χ1n) is 9.36. The molecule has 4 rings (SSSR count). The molecule has 2 aliphatic rings. The highest BCUT2D eigenvalue weighted by molar-refractivity contribution is 5.95. The van der Waals surface area contributed by atoms with Crippen molar-refractivity contribution in [1.82, 2.24) is 20.1 Å². The number of nitrogens with one attached hydrogen (secondary N) is 1. The summed E-state index contributed by atoms with van der Waals surface area (Å²) in [7, 11) is 0. The van der Waals surface area contributed by atoms with Gasteiger partial charge in [-0.25, -0.2) is 0 Å². The Morgan fingerprint density at radius 2 is 2.00 bits per heavy atom. The number of anilines is 1. The largest absolute Gasteiger partial charge is 0.366 e. The molecule has 2 aliphatic heterocycles. The van der Waals surface area contributed by atoms with Gasteiger partial charge in [-0.05, 0) is 31.4 Å². The van der Waals surface area contributed by atoms with Gasteiger partial charge in [-0.1, -0.05) is 0 Å². The molecular formula is C18H22N6O3. The number of nitro groups is 1. The molecule has 1 saturated heterocycles. The molecule has 0 atom stereocenters. The molecule has 1 aromatic carbocycles. The minimum absolute atomic E-state index is 0.0140. The fraction of sp³-hybridized carbons (Fsp3) is 0.500. The van der Waals surface area contributed by atoms with E-state index in [4.69, 9.17) is 0 Å². The number of benzene rings is 1. The molecule has 27 heavy (non-hydrogen) atoms. The summed E-state index contributed by atoms with van der Waals surface area (Å²) < 4.78 is 2.10. The van der Waals surface area contributed by atoms with Crippen LogP contribution in [-0.4, -0.2) is 45.2 Å². The highest BCUT2D eigenvalue weighted by atomic mass is 16.6. The van der Waals surface area contributed by atoms with Crippen LogP contribution in [0.15, 0.2) is 18.2 Å². The van der Waals surface area contributed by atoms with Gasteiger partial charge in [0.2, 0.25) is 0 Å². The van der Waals surface area contributed by atoms with Crippen LogP contribution in [0.25, 0.3) is 0 Å². The fourth-order valence-electron chi connectivity index (χ4n) is 3.82. The quantitative estimate of drug-likeness (QED) is 0.613. The molecule has 9 heteroatoms. The van der Waals surface area contributed by atoms with E-state index in [9.17, 15) is 14.9 Å². The SMILES string of the molecule is O=C(NCCc1nnc2n1CCC2)c1ccc(N2CCCC2)c([N+](=O)[O-])c1. The summed E-state index contributed by atoms with van der Waals surface area (Å²) in [5.41, 5.74) is 0.879. The Morgan fingerprint density at radius 3 is 2.78 bits per heavy atom. The zero-order valence-corrected chi connectivity index (χ0v) is 15.1. The van der Waals surface area contributed by atoms with Gasteiger partial charge in [-0.15, -0.1) is 10.2 Å². The van der Waals surface area contributed by atoms with Crippen molar-refractivity contribution in [3.05, 3.63) is 45.5 Å². The number of aryl methyl sites for hydroxylation is 1. The van der Waals surface area contributed by atoms with Crippen LogP contribution in [0.2, 0.25) is 0 Å². The summed E-state index contributed by atoms with van der Waals surface area (Å²) in [4.78, 5) is 25.5. The van der Waals surface area contributed by atoms with E-state index < -0.39 is 4.92 Å².